The third-order valence-electron chi connectivity index (χ3n) is 2.47. The highest BCUT2D eigenvalue weighted by Crippen LogP contribution is 2.26. The Labute approximate surface area is 106 Å². The van der Waals surface area contributed by atoms with Gasteiger partial charge in [0.05, 0.1) is 11.1 Å². The van der Waals surface area contributed by atoms with Gasteiger partial charge in [-0.15, -0.1) is 0 Å². The van der Waals surface area contributed by atoms with Gasteiger partial charge in [0.15, 0.2) is 0 Å². The molecule has 0 radical (unpaired) electrons. The third-order valence-corrected chi connectivity index (χ3v) is 3.09. The van der Waals surface area contributed by atoms with Crippen LogP contribution in [0, 0.1) is 0 Å². The van der Waals surface area contributed by atoms with Crippen molar-refractivity contribution >= 4 is 15.9 Å². The molecule has 1 aromatic carbocycles. The lowest BCUT2D eigenvalue weighted by Crippen LogP contribution is -1.98. The standard InChI is InChI=1S/C13H20BrNO/c1-2-16-13-8-7-11(10-12(13)14)6-4-3-5-9-15/h7-8,10H,2-6,9,15H2,1H3. The molecule has 1 aromatic rings. The van der Waals surface area contributed by atoms with Crippen LogP contribution in [-0.2, 0) is 6.42 Å². The lowest BCUT2D eigenvalue weighted by atomic mass is 10.1. The van der Waals surface area contributed by atoms with Crippen LogP contribution in [0.4, 0.5) is 0 Å². The van der Waals surface area contributed by atoms with E-state index < -0.39 is 0 Å². The summed E-state index contributed by atoms with van der Waals surface area (Å²) in [6.07, 6.45) is 4.65. The van der Waals surface area contributed by atoms with Crippen LogP contribution in [0.25, 0.3) is 0 Å². The number of ether oxygens (including phenoxy) is 1. The molecule has 0 bridgehead atoms. The number of unbranched alkanes of at least 4 members (excludes halogenated alkanes) is 2. The summed E-state index contributed by atoms with van der Waals surface area (Å²) >= 11 is 3.53. The second-order valence-electron chi connectivity index (χ2n) is 3.80. The lowest BCUT2D eigenvalue weighted by molar-refractivity contribution is 0.338. The molecule has 2 nitrogen and oxygen atoms in total. The maximum Gasteiger partial charge on any atom is 0.133 e. The fourth-order valence-corrected chi connectivity index (χ4v) is 2.16. The normalized spacial score (nSPS) is 10.4. The van der Waals surface area contributed by atoms with Crippen molar-refractivity contribution in [2.24, 2.45) is 5.73 Å². The minimum absolute atomic E-state index is 0.703. The summed E-state index contributed by atoms with van der Waals surface area (Å²) in [5, 5.41) is 0. The number of rotatable bonds is 7. The quantitative estimate of drug-likeness (QED) is 0.778. The zero-order valence-electron chi connectivity index (χ0n) is 9.84. The molecule has 0 unspecified atom stereocenters. The van der Waals surface area contributed by atoms with Gasteiger partial charge >= 0.3 is 0 Å². The van der Waals surface area contributed by atoms with Crippen molar-refractivity contribution in [2.45, 2.75) is 32.6 Å². The Hall–Kier alpha value is -0.540. The first-order valence-corrected chi connectivity index (χ1v) is 6.68. The van der Waals surface area contributed by atoms with Crippen LogP contribution in [0.3, 0.4) is 0 Å². The van der Waals surface area contributed by atoms with Gasteiger partial charge in [0.2, 0.25) is 0 Å². The Morgan fingerprint density at radius 2 is 2.06 bits per heavy atom. The third kappa shape index (κ3) is 4.54. The number of aryl methyl sites for hydroxylation is 1. The van der Waals surface area contributed by atoms with E-state index in [1.54, 1.807) is 0 Å². The Morgan fingerprint density at radius 3 is 2.69 bits per heavy atom. The molecule has 0 aliphatic carbocycles. The summed E-state index contributed by atoms with van der Waals surface area (Å²) in [5.41, 5.74) is 6.82. The van der Waals surface area contributed by atoms with E-state index in [-0.39, 0.29) is 0 Å². The van der Waals surface area contributed by atoms with Gasteiger partial charge in [-0.05, 0) is 66.4 Å². The molecule has 0 aliphatic rings. The largest absolute Gasteiger partial charge is 0.493 e. The van der Waals surface area contributed by atoms with Gasteiger partial charge in [-0.3, -0.25) is 0 Å². The van der Waals surface area contributed by atoms with Crippen LogP contribution in [0.15, 0.2) is 22.7 Å². The molecule has 0 saturated carbocycles. The fraction of sp³-hybridized carbons (Fsp3) is 0.538. The highest BCUT2D eigenvalue weighted by molar-refractivity contribution is 9.10. The summed E-state index contributed by atoms with van der Waals surface area (Å²) in [5.74, 6) is 0.924. The van der Waals surface area contributed by atoms with Gasteiger partial charge in [-0.1, -0.05) is 12.5 Å². The number of hydrogen-bond acceptors (Lipinski definition) is 2. The summed E-state index contributed by atoms with van der Waals surface area (Å²) in [7, 11) is 0. The molecule has 0 saturated heterocycles. The SMILES string of the molecule is CCOc1ccc(CCCCCN)cc1Br. The first kappa shape index (κ1) is 13.5. The first-order chi connectivity index (χ1) is 7.77. The predicted octanol–water partition coefficient (Wildman–Crippen LogP) is 3.52. The van der Waals surface area contributed by atoms with Gasteiger partial charge in [0, 0.05) is 0 Å². The van der Waals surface area contributed by atoms with E-state index >= 15 is 0 Å². The van der Waals surface area contributed by atoms with E-state index in [1.165, 1.54) is 18.4 Å². The Balaban J connectivity index is 2.46. The maximum atomic E-state index is 5.47. The van der Waals surface area contributed by atoms with Crippen molar-refractivity contribution in [1.29, 1.82) is 0 Å². The molecule has 0 fully saturated rings. The zero-order valence-corrected chi connectivity index (χ0v) is 11.4. The topological polar surface area (TPSA) is 35.2 Å². The highest BCUT2D eigenvalue weighted by atomic mass is 79.9. The summed E-state index contributed by atoms with van der Waals surface area (Å²) < 4.78 is 6.52. The van der Waals surface area contributed by atoms with Gasteiger partial charge in [0.25, 0.3) is 0 Å². The molecule has 3 heteroatoms. The number of halogens is 1. The summed E-state index contributed by atoms with van der Waals surface area (Å²) in [6.45, 7) is 3.49. The molecule has 16 heavy (non-hydrogen) atoms. The molecular formula is C13H20BrNO. The van der Waals surface area contributed by atoms with Crippen LogP contribution in [0.5, 0.6) is 5.75 Å². The van der Waals surface area contributed by atoms with Crippen LogP contribution in [0.2, 0.25) is 0 Å². The van der Waals surface area contributed by atoms with Crippen molar-refractivity contribution in [3.8, 4) is 5.75 Å². The summed E-state index contributed by atoms with van der Waals surface area (Å²) in [6, 6.07) is 6.32. The highest BCUT2D eigenvalue weighted by Gasteiger charge is 2.01. The molecule has 0 atom stereocenters. The van der Waals surface area contributed by atoms with E-state index in [1.807, 2.05) is 13.0 Å². The van der Waals surface area contributed by atoms with Crippen LogP contribution >= 0.6 is 15.9 Å². The van der Waals surface area contributed by atoms with Crippen molar-refractivity contribution < 1.29 is 4.74 Å². The van der Waals surface area contributed by atoms with Gasteiger partial charge in [-0.25, -0.2) is 0 Å². The fourth-order valence-electron chi connectivity index (χ4n) is 1.62. The van der Waals surface area contributed by atoms with Crippen LogP contribution in [0.1, 0.15) is 31.7 Å². The second kappa shape index (κ2) is 7.69. The number of hydrogen-bond donors (Lipinski definition) is 1. The average Bonchev–Trinajstić information content (AvgIpc) is 2.28. The smallest absolute Gasteiger partial charge is 0.133 e. The molecular weight excluding hydrogens is 266 g/mol. The van der Waals surface area contributed by atoms with E-state index in [0.29, 0.717) is 6.61 Å². The Morgan fingerprint density at radius 1 is 1.25 bits per heavy atom. The van der Waals surface area contributed by atoms with Crippen molar-refractivity contribution in [1.82, 2.24) is 0 Å². The summed E-state index contributed by atoms with van der Waals surface area (Å²) in [4.78, 5) is 0. The molecule has 1 rings (SSSR count). The van der Waals surface area contributed by atoms with Crippen LogP contribution in [-0.4, -0.2) is 13.2 Å². The predicted molar refractivity (Wildman–Crippen MR) is 71.9 cm³/mol. The van der Waals surface area contributed by atoms with E-state index in [9.17, 15) is 0 Å². The minimum atomic E-state index is 0.703. The van der Waals surface area contributed by atoms with E-state index in [0.717, 1.165) is 29.6 Å². The van der Waals surface area contributed by atoms with E-state index in [2.05, 4.69) is 28.1 Å². The van der Waals surface area contributed by atoms with Crippen molar-refractivity contribution in [2.75, 3.05) is 13.2 Å². The van der Waals surface area contributed by atoms with Gasteiger partial charge in [0.1, 0.15) is 5.75 Å². The molecule has 0 aliphatic heterocycles. The van der Waals surface area contributed by atoms with Gasteiger partial charge < -0.3 is 10.5 Å². The number of benzene rings is 1. The van der Waals surface area contributed by atoms with E-state index in [4.69, 9.17) is 10.5 Å². The second-order valence-corrected chi connectivity index (χ2v) is 4.65. The molecule has 90 valence electrons. The van der Waals surface area contributed by atoms with Crippen LogP contribution < -0.4 is 10.5 Å². The average molecular weight is 286 g/mol. The zero-order chi connectivity index (χ0) is 11.8. The van der Waals surface area contributed by atoms with Gasteiger partial charge in [-0.2, -0.15) is 0 Å². The number of nitrogens with two attached hydrogens (primary N) is 1. The monoisotopic (exact) mass is 285 g/mol. The minimum Gasteiger partial charge on any atom is -0.493 e. The van der Waals surface area contributed by atoms with Crippen molar-refractivity contribution in [3.05, 3.63) is 28.2 Å². The first-order valence-electron chi connectivity index (χ1n) is 5.89. The lowest BCUT2D eigenvalue weighted by Gasteiger charge is -2.07. The molecule has 0 aromatic heterocycles. The molecule has 0 heterocycles. The molecule has 0 spiro atoms. The molecule has 2 N–H and O–H groups in total. The molecule has 0 amide bonds. The Kier molecular flexibility index (Phi) is 6.50. The van der Waals surface area contributed by atoms with Crippen molar-refractivity contribution in [3.63, 3.8) is 0 Å². The maximum absolute atomic E-state index is 5.47. The Bertz CT molecular complexity index is 315.